The Bertz CT molecular complexity index is 352. The standard InChI is InChI=1S/C11H15FN2O/c1-2-3-6-14-10-7-8(11(13)15)4-5-9(10)12/h4-5,7,14H,2-3,6H2,1H3,(H2,13,15). The second-order valence-corrected chi connectivity index (χ2v) is 3.34. The van der Waals surface area contributed by atoms with Crippen molar-refractivity contribution in [3.63, 3.8) is 0 Å². The third-order valence-corrected chi connectivity index (χ3v) is 2.10. The third-order valence-electron chi connectivity index (χ3n) is 2.10. The molecule has 0 aromatic heterocycles. The van der Waals surface area contributed by atoms with Gasteiger partial charge >= 0.3 is 0 Å². The zero-order valence-corrected chi connectivity index (χ0v) is 8.72. The number of unbranched alkanes of at least 4 members (excludes halogenated alkanes) is 1. The van der Waals surface area contributed by atoms with Crippen LogP contribution in [0.15, 0.2) is 18.2 Å². The summed E-state index contributed by atoms with van der Waals surface area (Å²) in [6.07, 6.45) is 1.99. The van der Waals surface area contributed by atoms with Gasteiger partial charge in [0.05, 0.1) is 5.69 Å². The van der Waals surface area contributed by atoms with Gasteiger partial charge in [-0.05, 0) is 24.6 Å². The molecule has 1 amide bonds. The molecule has 82 valence electrons. The molecule has 1 rings (SSSR count). The van der Waals surface area contributed by atoms with Crippen LogP contribution in [0.2, 0.25) is 0 Å². The van der Waals surface area contributed by atoms with Crippen LogP contribution in [0.1, 0.15) is 30.1 Å². The molecule has 0 fully saturated rings. The molecule has 0 bridgehead atoms. The van der Waals surface area contributed by atoms with Gasteiger partial charge in [0.2, 0.25) is 5.91 Å². The zero-order chi connectivity index (χ0) is 11.3. The Morgan fingerprint density at radius 1 is 1.53 bits per heavy atom. The van der Waals surface area contributed by atoms with Crippen LogP contribution in [-0.2, 0) is 0 Å². The lowest BCUT2D eigenvalue weighted by atomic mass is 10.2. The molecule has 0 saturated heterocycles. The van der Waals surface area contributed by atoms with Gasteiger partial charge in [0.25, 0.3) is 0 Å². The lowest BCUT2D eigenvalue weighted by molar-refractivity contribution is 0.100. The highest BCUT2D eigenvalue weighted by Gasteiger charge is 2.05. The van der Waals surface area contributed by atoms with Crippen molar-refractivity contribution in [1.82, 2.24) is 0 Å². The summed E-state index contributed by atoms with van der Waals surface area (Å²) in [7, 11) is 0. The van der Waals surface area contributed by atoms with Crippen molar-refractivity contribution in [2.45, 2.75) is 19.8 Å². The molecule has 3 nitrogen and oxygen atoms in total. The molecule has 4 heteroatoms. The fourth-order valence-corrected chi connectivity index (χ4v) is 1.21. The van der Waals surface area contributed by atoms with Crippen LogP contribution in [0, 0.1) is 5.82 Å². The van der Waals surface area contributed by atoms with Crippen molar-refractivity contribution in [2.24, 2.45) is 5.73 Å². The molecule has 0 aliphatic carbocycles. The van der Waals surface area contributed by atoms with Crippen LogP contribution < -0.4 is 11.1 Å². The maximum Gasteiger partial charge on any atom is 0.248 e. The van der Waals surface area contributed by atoms with Gasteiger partial charge in [0, 0.05) is 12.1 Å². The summed E-state index contributed by atoms with van der Waals surface area (Å²) in [5, 5.41) is 2.93. The number of carbonyl (C=O) groups is 1. The summed E-state index contributed by atoms with van der Waals surface area (Å²) in [6.45, 7) is 2.74. The first-order valence-corrected chi connectivity index (χ1v) is 4.98. The van der Waals surface area contributed by atoms with Crippen LogP contribution in [0.25, 0.3) is 0 Å². The fraction of sp³-hybridized carbons (Fsp3) is 0.364. The summed E-state index contributed by atoms with van der Waals surface area (Å²) in [5.41, 5.74) is 5.75. The van der Waals surface area contributed by atoms with E-state index in [-0.39, 0.29) is 5.82 Å². The first-order valence-electron chi connectivity index (χ1n) is 4.98. The lowest BCUT2D eigenvalue weighted by Crippen LogP contribution is -2.12. The zero-order valence-electron chi connectivity index (χ0n) is 8.72. The van der Waals surface area contributed by atoms with Gasteiger partial charge in [0.15, 0.2) is 0 Å². The number of hydrogen-bond donors (Lipinski definition) is 2. The molecule has 0 aliphatic rings. The van der Waals surface area contributed by atoms with Crippen LogP contribution in [0.4, 0.5) is 10.1 Å². The van der Waals surface area contributed by atoms with Crippen molar-refractivity contribution < 1.29 is 9.18 Å². The minimum Gasteiger partial charge on any atom is -0.383 e. The topological polar surface area (TPSA) is 55.1 Å². The molecule has 1 aromatic carbocycles. The normalized spacial score (nSPS) is 10.0. The van der Waals surface area contributed by atoms with Crippen LogP contribution >= 0.6 is 0 Å². The first-order chi connectivity index (χ1) is 7.15. The highest BCUT2D eigenvalue weighted by atomic mass is 19.1. The Kier molecular flexibility index (Phi) is 4.09. The van der Waals surface area contributed by atoms with Crippen molar-refractivity contribution in [3.8, 4) is 0 Å². The number of anilines is 1. The monoisotopic (exact) mass is 210 g/mol. The summed E-state index contributed by atoms with van der Waals surface area (Å²) >= 11 is 0. The molecule has 1 aromatic rings. The van der Waals surface area contributed by atoms with Gasteiger partial charge in [-0.1, -0.05) is 13.3 Å². The van der Waals surface area contributed by atoms with E-state index in [0.29, 0.717) is 17.8 Å². The number of amides is 1. The SMILES string of the molecule is CCCCNc1cc(C(N)=O)ccc1F. The van der Waals surface area contributed by atoms with Crippen molar-refractivity contribution in [3.05, 3.63) is 29.6 Å². The van der Waals surface area contributed by atoms with Crippen molar-refractivity contribution in [2.75, 3.05) is 11.9 Å². The molecule has 0 unspecified atom stereocenters. The number of nitrogens with one attached hydrogen (secondary N) is 1. The lowest BCUT2D eigenvalue weighted by Gasteiger charge is -2.07. The number of hydrogen-bond acceptors (Lipinski definition) is 2. The van der Waals surface area contributed by atoms with Crippen molar-refractivity contribution in [1.29, 1.82) is 0 Å². The summed E-state index contributed by atoms with van der Waals surface area (Å²) in [5.74, 6) is -0.912. The Morgan fingerprint density at radius 3 is 2.87 bits per heavy atom. The first kappa shape index (κ1) is 11.5. The Labute approximate surface area is 88.5 Å². The number of rotatable bonds is 5. The number of primary amides is 1. The van der Waals surface area contributed by atoms with Crippen molar-refractivity contribution >= 4 is 11.6 Å². The Balaban J connectivity index is 2.76. The van der Waals surface area contributed by atoms with Gasteiger partial charge in [-0.2, -0.15) is 0 Å². The minimum absolute atomic E-state index is 0.315. The van der Waals surface area contributed by atoms with E-state index in [2.05, 4.69) is 12.2 Å². The van der Waals surface area contributed by atoms with E-state index >= 15 is 0 Å². The fourth-order valence-electron chi connectivity index (χ4n) is 1.21. The largest absolute Gasteiger partial charge is 0.383 e. The molecule has 0 spiro atoms. The molecular formula is C11H15FN2O. The predicted molar refractivity (Wildman–Crippen MR) is 58.3 cm³/mol. The molecule has 3 N–H and O–H groups in total. The van der Waals surface area contributed by atoms with Gasteiger partial charge in [0.1, 0.15) is 5.82 Å². The van der Waals surface area contributed by atoms with E-state index in [9.17, 15) is 9.18 Å². The molecule has 15 heavy (non-hydrogen) atoms. The third kappa shape index (κ3) is 3.23. The Hall–Kier alpha value is -1.58. The number of halogens is 1. The molecule has 0 heterocycles. The molecular weight excluding hydrogens is 195 g/mol. The average molecular weight is 210 g/mol. The predicted octanol–water partition coefficient (Wildman–Crippen LogP) is 2.14. The number of nitrogens with two attached hydrogens (primary N) is 1. The molecule has 0 radical (unpaired) electrons. The van der Waals surface area contributed by atoms with E-state index in [1.807, 2.05) is 0 Å². The van der Waals surface area contributed by atoms with E-state index in [1.54, 1.807) is 0 Å². The smallest absolute Gasteiger partial charge is 0.248 e. The van der Waals surface area contributed by atoms with Crippen LogP contribution in [0.5, 0.6) is 0 Å². The molecule has 0 saturated carbocycles. The quantitative estimate of drug-likeness (QED) is 0.731. The van der Waals surface area contributed by atoms with E-state index in [0.717, 1.165) is 12.8 Å². The molecule has 0 atom stereocenters. The maximum absolute atomic E-state index is 13.2. The van der Waals surface area contributed by atoms with E-state index in [4.69, 9.17) is 5.73 Å². The van der Waals surface area contributed by atoms with Gasteiger partial charge < -0.3 is 11.1 Å². The van der Waals surface area contributed by atoms with Crippen LogP contribution in [0.3, 0.4) is 0 Å². The van der Waals surface area contributed by atoms with E-state index < -0.39 is 5.91 Å². The summed E-state index contributed by atoms with van der Waals surface area (Å²) < 4.78 is 13.2. The second-order valence-electron chi connectivity index (χ2n) is 3.34. The maximum atomic E-state index is 13.2. The minimum atomic E-state index is -0.548. The summed E-state index contributed by atoms with van der Waals surface area (Å²) in [6, 6.07) is 4.06. The summed E-state index contributed by atoms with van der Waals surface area (Å²) in [4.78, 5) is 10.9. The van der Waals surface area contributed by atoms with E-state index in [1.165, 1.54) is 18.2 Å². The highest BCUT2D eigenvalue weighted by molar-refractivity contribution is 5.93. The second kappa shape index (κ2) is 5.34. The van der Waals surface area contributed by atoms with Gasteiger partial charge in [-0.3, -0.25) is 4.79 Å². The Morgan fingerprint density at radius 2 is 2.27 bits per heavy atom. The number of carbonyl (C=O) groups excluding carboxylic acids is 1. The number of benzene rings is 1. The molecule has 0 aliphatic heterocycles. The van der Waals surface area contributed by atoms with Gasteiger partial charge in [-0.15, -0.1) is 0 Å². The van der Waals surface area contributed by atoms with Crippen LogP contribution in [-0.4, -0.2) is 12.5 Å². The van der Waals surface area contributed by atoms with Gasteiger partial charge in [-0.25, -0.2) is 4.39 Å². The average Bonchev–Trinajstić information content (AvgIpc) is 2.20. The highest BCUT2D eigenvalue weighted by Crippen LogP contribution is 2.15.